The Labute approximate surface area is 55.7 Å². The molecule has 0 saturated carbocycles. The minimum Gasteiger partial charge on any atom is -0.303 e. The zero-order valence-electron chi connectivity index (χ0n) is 6.22. The maximum absolute atomic E-state index is 8.18. The van der Waals surface area contributed by atoms with Gasteiger partial charge in [0.1, 0.15) is 6.23 Å². The molecule has 0 aliphatic heterocycles. The maximum atomic E-state index is 8.18. The van der Waals surface area contributed by atoms with E-state index in [0.29, 0.717) is 0 Å². The SMILES string of the molecule is CCC(C)(C)C(N)OO. The van der Waals surface area contributed by atoms with Crippen LogP contribution in [-0.4, -0.2) is 11.5 Å². The van der Waals surface area contributed by atoms with Crippen molar-refractivity contribution in [3.05, 3.63) is 0 Å². The van der Waals surface area contributed by atoms with Crippen LogP contribution >= 0.6 is 0 Å². The highest BCUT2D eigenvalue weighted by Gasteiger charge is 2.24. The molecule has 3 nitrogen and oxygen atoms in total. The Balaban J connectivity index is 3.80. The molecule has 0 amide bonds. The molecule has 1 unspecified atom stereocenters. The van der Waals surface area contributed by atoms with E-state index in [1.54, 1.807) is 0 Å². The first kappa shape index (κ1) is 8.88. The highest BCUT2D eigenvalue weighted by atomic mass is 17.1. The number of hydrogen-bond acceptors (Lipinski definition) is 3. The van der Waals surface area contributed by atoms with Crippen molar-refractivity contribution >= 4 is 0 Å². The lowest BCUT2D eigenvalue weighted by molar-refractivity contribution is -0.299. The lowest BCUT2D eigenvalue weighted by Crippen LogP contribution is -2.38. The molecule has 56 valence electrons. The van der Waals surface area contributed by atoms with Crippen molar-refractivity contribution in [2.45, 2.75) is 33.4 Å². The fourth-order valence-electron chi connectivity index (χ4n) is 0.344. The van der Waals surface area contributed by atoms with E-state index in [0.717, 1.165) is 6.42 Å². The molecule has 0 rings (SSSR count). The quantitative estimate of drug-likeness (QED) is 0.345. The summed E-state index contributed by atoms with van der Waals surface area (Å²) in [5.74, 6) is 0. The van der Waals surface area contributed by atoms with Crippen LogP contribution in [0, 0.1) is 5.41 Å². The predicted molar refractivity (Wildman–Crippen MR) is 35.8 cm³/mol. The van der Waals surface area contributed by atoms with E-state index >= 15 is 0 Å². The summed E-state index contributed by atoms with van der Waals surface area (Å²) in [4.78, 5) is 3.98. The molecule has 0 saturated heterocycles. The number of rotatable bonds is 3. The van der Waals surface area contributed by atoms with Crippen LogP contribution in [0.3, 0.4) is 0 Å². The molecule has 0 aliphatic carbocycles. The van der Waals surface area contributed by atoms with Gasteiger partial charge in [0.05, 0.1) is 0 Å². The molecule has 0 spiro atoms. The summed E-state index contributed by atoms with van der Waals surface area (Å²) in [5, 5.41) is 8.18. The first-order valence-corrected chi connectivity index (χ1v) is 3.10. The normalized spacial score (nSPS) is 15.7. The summed E-state index contributed by atoms with van der Waals surface area (Å²) in [6.45, 7) is 5.88. The van der Waals surface area contributed by atoms with Gasteiger partial charge in [-0.2, -0.15) is 0 Å². The second-order valence-corrected chi connectivity index (χ2v) is 2.87. The Morgan fingerprint density at radius 2 is 2.11 bits per heavy atom. The summed E-state index contributed by atoms with van der Waals surface area (Å²) < 4.78 is 0. The van der Waals surface area contributed by atoms with Crippen LogP contribution in [0.1, 0.15) is 27.2 Å². The van der Waals surface area contributed by atoms with Crippen molar-refractivity contribution in [3.8, 4) is 0 Å². The van der Waals surface area contributed by atoms with Crippen molar-refractivity contribution < 1.29 is 10.1 Å². The summed E-state index contributed by atoms with van der Waals surface area (Å²) >= 11 is 0. The van der Waals surface area contributed by atoms with Gasteiger partial charge >= 0.3 is 0 Å². The fraction of sp³-hybridized carbons (Fsp3) is 1.00. The van der Waals surface area contributed by atoms with Gasteiger partial charge in [-0.3, -0.25) is 5.26 Å². The lowest BCUT2D eigenvalue weighted by Gasteiger charge is -2.26. The monoisotopic (exact) mass is 133 g/mol. The highest BCUT2D eigenvalue weighted by molar-refractivity contribution is 4.71. The van der Waals surface area contributed by atoms with Crippen molar-refractivity contribution in [2.24, 2.45) is 11.1 Å². The van der Waals surface area contributed by atoms with Crippen molar-refractivity contribution in [1.82, 2.24) is 0 Å². The Morgan fingerprint density at radius 3 is 2.22 bits per heavy atom. The third kappa shape index (κ3) is 2.30. The summed E-state index contributed by atoms with van der Waals surface area (Å²) in [5.41, 5.74) is 5.24. The van der Waals surface area contributed by atoms with E-state index in [-0.39, 0.29) is 5.41 Å². The molecule has 9 heavy (non-hydrogen) atoms. The molecule has 1 atom stereocenters. The molecule has 3 heteroatoms. The summed E-state index contributed by atoms with van der Waals surface area (Å²) in [6, 6.07) is 0. The molecule has 0 bridgehead atoms. The Morgan fingerprint density at radius 1 is 1.67 bits per heavy atom. The van der Waals surface area contributed by atoms with Crippen LogP contribution in [0.15, 0.2) is 0 Å². The molecule has 0 aliphatic rings. The van der Waals surface area contributed by atoms with Crippen molar-refractivity contribution in [1.29, 1.82) is 0 Å². The van der Waals surface area contributed by atoms with Gasteiger partial charge in [0, 0.05) is 5.41 Å². The highest BCUT2D eigenvalue weighted by Crippen LogP contribution is 2.22. The van der Waals surface area contributed by atoms with Gasteiger partial charge in [-0.15, -0.1) is 0 Å². The van der Waals surface area contributed by atoms with Crippen LogP contribution in [-0.2, 0) is 4.89 Å². The van der Waals surface area contributed by atoms with Crippen LogP contribution in [0.5, 0.6) is 0 Å². The maximum Gasteiger partial charge on any atom is 0.146 e. The van der Waals surface area contributed by atoms with Gasteiger partial charge in [0.15, 0.2) is 0 Å². The summed E-state index contributed by atoms with van der Waals surface area (Å²) in [6.07, 6.45) is 0.303. The summed E-state index contributed by atoms with van der Waals surface area (Å²) in [7, 11) is 0. The van der Waals surface area contributed by atoms with Gasteiger partial charge in [0.25, 0.3) is 0 Å². The standard InChI is InChI=1S/C6H15NO2/c1-4-6(2,3)5(7)9-8/h5,8H,4,7H2,1-3H3. The Kier molecular flexibility index (Phi) is 3.11. The third-order valence-corrected chi connectivity index (χ3v) is 1.80. The second kappa shape index (κ2) is 3.15. The van der Waals surface area contributed by atoms with E-state index in [2.05, 4.69) is 4.89 Å². The van der Waals surface area contributed by atoms with E-state index < -0.39 is 6.23 Å². The molecule has 3 N–H and O–H groups in total. The lowest BCUT2D eigenvalue weighted by atomic mass is 9.89. The largest absolute Gasteiger partial charge is 0.303 e. The second-order valence-electron chi connectivity index (χ2n) is 2.87. The zero-order valence-corrected chi connectivity index (χ0v) is 6.22. The number of hydrogen-bond donors (Lipinski definition) is 2. The number of nitrogens with two attached hydrogens (primary N) is 1. The molecular formula is C6H15NO2. The van der Waals surface area contributed by atoms with Gasteiger partial charge in [0.2, 0.25) is 0 Å². The molecule has 0 fully saturated rings. The first-order chi connectivity index (χ1) is 4.04. The predicted octanol–water partition coefficient (Wildman–Crippen LogP) is 1.20. The third-order valence-electron chi connectivity index (χ3n) is 1.80. The van der Waals surface area contributed by atoms with E-state index in [1.165, 1.54) is 0 Å². The minimum absolute atomic E-state index is 0.144. The van der Waals surface area contributed by atoms with E-state index in [9.17, 15) is 0 Å². The minimum atomic E-state index is -0.581. The fourth-order valence-corrected chi connectivity index (χ4v) is 0.344. The zero-order chi connectivity index (χ0) is 7.49. The molecule has 0 aromatic heterocycles. The van der Waals surface area contributed by atoms with E-state index in [4.69, 9.17) is 11.0 Å². The first-order valence-electron chi connectivity index (χ1n) is 3.10. The smallest absolute Gasteiger partial charge is 0.146 e. The Bertz CT molecular complexity index is 83.1. The van der Waals surface area contributed by atoms with Gasteiger partial charge in [-0.25, -0.2) is 4.89 Å². The van der Waals surface area contributed by atoms with Crippen molar-refractivity contribution in [3.63, 3.8) is 0 Å². The van der Waals surface area contributed by atoms with Gasteiger partial charge < -0.3 is 5.73 Å². The Hall–Kier alpha value is -0.120. The van der Waals surface area contributed by atoms with Gasteiger partial charge in [-0.1, -0.05) is 20.8 Å². The van der Waals surface area contributed by atoms with Crippen LogP contribution in [0.4, 0.5) is 0 Å². The topological polar surface area (TPSA) is 55.5 Å². The molecule has 0 radical (unpaired) electrons. The molecule has 0 aromatic carbocycles. The average molecular weight is 133 g/mol. The van der Waals surface area contributed by atoms with Crippen LogP contribution in [0.2, 0.25) is 0 Å². The van der Waals surface area contributed by atoms with Gasteiger partial charge in [-0.05, 0) is 6.42 Å². The van der Waals surface area contributed by atoms with Crippen LogP contribution in [0.25, 0.3) is 0 Å². The van der Waals surface area contributed by atoms with Crippen molar-refractivity contribution in [2.75, 3.05) is 0 Å². The molecule has 0 heterocycles. The van der Waals surface area contributed by atoms with Crippen LogP contribution < -0.4 is 5.73 Å². The molecular weight excluding hydrogens is 118 g/mol. The average Bonchev–Trinajstić information content (AvgIpc) is 1.86. The molecule has 0 aromatic rings. The van der Waals surface area contributed by atoms with E-state index in [1.807, 2.05) is 20.8 Å².